The van der Waals surface area contributed by atoms with Crippen LogP contribution >= 0.6 is 11.6 Å². The molecule has 0 saturated carbocycles. The molecule has 2 rings (SSSR count). The van der Waals surface area contributed by atoms with E-state index >= 15 is 0 Å². The number of aryl methyl sites for hydroxylation is 2. The lowest BCUT2D eigenvalue weighted by molar-refractivity contribution is -0.137. The van der Waals surface area contributed by atoms with Gasteiger partial charge in [-0.05, 0) is 60.4 Å². The molecule has 0 aromatic heterocycles. The fourth-order valence-electron chi connectivity index (χ4n) is 2.69. The summed E-state index contributed by atoms with van der Waals surface area (Å²) in [5, 5.41) is 8.68. The Labute approximate surface area is 137 Å². The zero-order chi connectivity index (χ0) is 17.3. The van der Waals surface area contributed by atoms with E-state index in [2.05, 4.69) is 0 Å². The van der Waals surface area contributed by atoms with E-state index in [-0.39, 0.29) is 16.4 Å². The Balaban J connectivity index is 2.62. The first-order chi connectivity index (χ1) is 10.7. The monoisotopic (exact) mass is 339 g/mol. The van der Waals surface area contributed by atoms with Crippen LogP contribution in [0.15, 0.2) is 24.3 Å². The van der Waals surface area contributed by atoms with Crippen molar-refractivity contribution < 1.29 is 18.7 Å². The maximum atomic E-state index is 14.2. The van der Waals surface area contributed by atoms with Gasteiger partial charge >= 0.3 is 5.97 Å². The van der Waals surface area contributed by atoms with E-state index in [1.165, 1.54) is 24.3 Å². The molecule has 1 atom stereocenters. The molecule has 6 heteroatoms. The number of rotatable bonds is 4. The highest BCUT2D eigenvalue weighted by Crippen LogP contribution is 2.34. The van der Waals surface area contributed by atoms with Crippen LogP contribution in [0.25, 0.3) is 11.1 Å². The molecule has 0 fully saturated rings. The molecule has 23 heavy (non-hydrogen) atoms. The average Bonchev–Trinajstić information content (AvgIpc) is 2.40. The first kappa shape index (κ1) is 17.4. The second-order valence-corrected chi connectivity index (χ2v) is 5.89. The molecule has 0 heterocycles. The van der Waals surface area contributed by atoms with Crippen molar-refractivity contribution in [1.29, 1.82) is 0 Å². The molecule has 0 saturated heterocycles. The largest absolute Gasteiger partial charge is 0.481 e. The predicted molar refractivity (Wildman–Crippen MR) is 85.5 cm³/mol. The van der Waals surface area contributed by atoms with Crippen molar-refractivity contribution in [2.24, 2.45) is 5.73 Å². The van der Waals surface area contributed by atoms with E-state index in [9.17, 15) is 13.6 Å². The number of hydrogen-bond donors (Lipinski definition) is 2. The van der Waals surface area contributed by atoms with Crippen LogP contribution in [0, 0.1) is 25.5 Å². The van der Waals surface area contributed by atoms with Crippen LogP contribution in [0.3, 0.4) is 0 Å². The SMILES string of the molecule is Cc1cc(F)cc(C)c1-c1cc(Cl)c(F)c(C(N)CC(=O)O)c1. The number of hydrogen-bond acceptors (Lipinski definition) is 2. The first-order valence-electron chi connectivity index (χ1n) is 6.94. The number of benzene rings is 2. The number of nitrogens with two attached hydrogens (primary N) is 1. The minimum Gasteiger partial charge on any atom is -0.481 e. The topological polar surface area (TPSA) is 63.3 Å². The third kappa shape index (κ3) is 3.68. The molecule has 0 bridgehead atoms. The highest BCUT2D eigenvalue weighted by molar-refractivity contribution is 6.31. The van der Waals surface area contributed by atoms with E-state index in [4.69, 9.17) is 22.4 Å². The van der Waals surface area contributed by atoms with Gasteiger partial charge in [0.2, 0.25) is 0 Å². The van der Waals surface area contributed by atoms with E-state index in [1.54, 1.807) is 13.8 Å². The number of aliphatic carboxylic acids is 1. The summed E-state index contributed by atoms with van der Waals surface area (Å²) < 4.78 is 27.6. The molecule has 0 radical (unpaired) electrons. The summed E-state index contributed by atoms with van der Waals surface area (Å²) in [7, 11) is 0. The molecule has 0 amide bonds. The van der Waals surface area contributed by atoms with E-state index in [1.807, 2.05) is 0 Å². The molecule has 122 valence electrons. The van der Waals surface area contributed by atoms with Crippen LogP contribution in [0.2, 0.25) is 5.02 Å². The lowest BCUT2D eigenvalue weighted by Crippen LogP contribution is -2.16. The van der Waals surface area contributed by atoms with Gasteiger partial charge in [-0.2, -0.15) is 0 Å². The lowest BCUT2D eigenvalue weighted by atomic mass is 9.92. The Morgan fingerprint density at radius 2 is 1.78 bits per heavy atom. The van der Waals surface area contributed by atoms with Gasteiger partial charge in [0.15, 0.2) is 0 Å². The molecule has 1 unspecified atom stereocenters. The maximum absolute atomic E-state index is 14.2. The van der Waals surface area contributed by atoms with E-state index in [0.717, 1.165) is 5.56 Å². The van der Waals surface area contributed by atoms with Crippen molar-refractivity contribution in [3.8, 4) is 11.1 Å². The highest BCUT2D eigenvalue weighted by Gasteiger charge is 2.20. The minimum atomic E-state index is -1.13. The van der Waals surface area contributed by atoms with Crippen molar-refractivity contribution in [2.45, 2.75) is 26.3 Å². The van der Waals surface area contributed by atoms with Gasteiger partial charge < -0.3 is 10.8 Å². The fourth-order valence-corrected chi connectivity index (χ4v) is 2.92. The molecule has 2 aromatic rings. The van der Waals surface area contributed by atoms with E-state index in [0.29, 0.717) is 16.7 Å². The zero-order valence-corrected chi connectivity index (χ0v) is 13.4. The molecule has 0 aliphatic heterocycles. The summed E-state index contributed by atoms with van der Waals surface area (Å²) in [6.45, 7) is 3.47. The average molecular weight is 340 g/mol. The van der Waals surface area contributed by atoms with Crippen molar-refractivity contribution >= 4 is 17.6 Å². The van der Waals surface area contributed by atoms with Crippen molar-refractivity contribution in [3.63, 3.8) is 0 Å². The molecule has 3 nitrogen and oxygen atoms in total. The van der Waals surface area contributed by atoms with Crippen LogP contribution in [0.5, 0.6) is 0 Å². The van der Waals surface area contributed by atoms with Gasteiger partial charge in [0.05, 0.1) is 11.4 Å². The Morgan fingerprint density at radius 1 is 1.22 bits per heavy atom. The summed E-state index contributed by atoms with van der Waals surface area (Å²) >= 11 is 5.93. The predicted octanol–water partition coefficient (Wildman–Crippen LogP) is 4.38. The molecule has 3 N–H and O–H groups in total. The third-order valence-corrected chi connectivity index (χ3v) is 3.91. The van der Waals surface area contributed by atoms with Crippen molar-refractivity contribution in [1.82, 2.24) is 0 Å². The highest BCUT2D eigenvalue weighted by atomic mass is 35.5. The van der Waals surface area contributed by atoms with Gasteiger partial charge in [-0.15, -0.1) is 0 Å². The van der Waals surface area contributed by atoms with Crippen LogP contribution in [-0.4, -0.2) is 11.1 Å². The number of carbonyl (C=O) groups is 1. The zero-order valence-electron chi connectivity index (χ0n) is 12.7. The van der Waals surface area contributed by atoms with Crippen LogP contribution < -0.4 is 5.73 Å². The fraction of sp³-hybridized carbons (Fsp3) is 0.235. The second-order valence-electron chi connectivity index (χ2n) is 5.48. The van der Waals surface area contributed by atoms with E-state index < -0.39 is 24.2 Å². The summed E-state index contributed by atoms with van der Waals surface area (Å²) in [6, 6.07) is 4.63. The Morgan fingerprint density at radius 3 is 2.30 bits per heavy atom. The lowest BCUT2D eigenvalue weighted by Gasteiger charge is -2.16. The van der Waals surface area contributed by atoms with Gasteiger partial charge in [0, 0.05) is 11.6 Å². The third-order valence-electron chi connectivity index (χ3n) is 3.64. The Kier molecular flexibility index (Phi) is 5.02. The molecule has 0 aliphatic carbocycles. The summed E-state index contributed by atoms with van der Waals surface area (Å²) in [5.41, 5.74) is 8.43. The Hall–Kier alpha value is -1.98. The summed E-state index contributed by atoms with van der Waals surface area (Å²) in [6.07, 6.45) is -0.419. The van der Waals surface area contributed by atoms with Crippen LogP contribution in [0.4, 0.5) is 8.78 Å². The standard InChI is InChI=1S/C17H16ClF2NO2/c1-8-3-11(19)4-9(2)16(8)10-5-12(14(21)7-15(22)23)17(20)13(18)6-10/h3-6,14H,7,21H2,1-2H3,(H,22,23). The molecule has 0 spiro atoms. The smallest absolute Gasteiger partial charge is 0.305 e. The quantitative estimate of drug-likeness (QED) is 0.869. The van der Waals surface area contributed by atoms with Gasteiger partial charge in [-0.3, -0.25) is 4.79 Å². The summed E-state index contributed by atoms with van der Waals surface area (Å²) in [5.74, 6) is -2.23. The maximum Gasteiger partial charge on any atom is 0.305 e. The van der Waals surface area contributed by atoms with Gasteiger partial charge in [-0.25, -0.2) is 8.78 Å². The Bertz CT molecular complexity index is 754. The van der Waals surface area contributed by atoms with Crippen molar-refractivity contribution in [2.75, 3.05) is 0 Å². The second kappa shape index (κ2) is 6.64. The number of carboxylic acids is 1. The van der Waals surface area contributed by atoms with Crippen LogP contribution in [-0.2, 0) is 4.79 Å². The minimum absolute atomic E-state index is 0.0259. The first-order valence-corrected chi connectivity index (χ1v) is 7.32. The van der Waals surface area contributed by atoms with Gasteiger partial charge in [0.25, 0.3) is 0 Å². The molecular weight excluding hydrogens is 324 g/mol. The molecule has 0 aliphatic rings. The number of halogens is 3. The summed E-state index contributed by atoms with van der Waals surface area (Å²) in [4.78, 5) is 10.8. The van der Waals surface area contributed by atoms with Gasteiger partial charge in [-0.1, -0.05) is 11.6 Å². The molecular formula is C17H16ClF2NO2. The number of carboxylic acid groups (broad SMARTS) is 1. The van der Waals surface area contributed by atoms with Crippen molar-refractivity contribution in [3.05, 3.63) is 57.6 Å². The normalized spacial score (nSPS) is 12.3. The van der Waals surface area contributed by atoms with Gasteiger partial charge in [0.1, 0.15) is 11.6 Å². The molecule has 2 aromatic carbocycles. The van der Waals surface area contributed by atoms with Crippen LogP contribution in [0.1, 0.15) is 29.2 Å².